The summed E-state index contributed by atoms with van der Waals surface area (Å²) in [6, 6.07) is 0.0995. The summed E-state index contributed by atoms with van der Waals surface area (Å²) in [6.07, 6.45) is 7.05. The van der Waals surface area contributed by atoms with Crippen molar-refractivity contribution in [1.29, 1.82) is 0 Å². The fourth-order valence-corrected chi connectivity index (χ4v) is 6.13. The molecule has 0 unspecified atom stereocenters. The van der Waals surface area contributed by atoms with Crippen LogP contribution in [0.5, 0.6) is 0 Å². The number of nitrogens with zero attached hydrogens (tertiary/aromatic N) is 1. The second-order valence-electron chi connectivity index (χ2n) is 7.11. The summed E-state index contributed by atoms with van der Waals surface area (Å²) >= 11 is 0. The van der Waals surface area contributed by atoms with Crippen LogP contribution in [0.15, 0.2) is 17.6 Å². The van der Waals surface area contributed by atoms with Gasteiger partial charge in [0.1, 0.15) is 0 Å². The summed E-state index contributed by atoms with van der Waals surface area (Å²) in [6.45, 7) is 14.2. The third kappa shape index (κ3) is 3.31. The van der Waals surface area contributed by atoms with Crippen molar-refractivity contribution in [2.75, 3.05) is 6.54 Å². The molecule has 0 aliphatic heterocycles. The van der Waals surface area contributed by atoms with E-state index < -0.39 is 10.0 Å². The maximum atomic E-state index is 13.6. The van der Waals surface area contributed by atoms with E-state index in [1.165, 1.54) is 12.0 Å². The SMILES string of the molecule is C=CCN(C1CCCCC1)S(=O)(=O)c1c(C)c(C)c(C)c(C)c1C. The first-order valence-corrected chi connectivity index (χ1v) is 10.4. The molecule has 2 rings (SSSR count). The van der Waals surface area contributed by atoms with E-state index in [1.54, 1.807) is 10.4 Å². The third-order valence-electron chi connectivity index (χ3n) is 5.79. The highest BCUT2D eigenvalue weighted by Crippen LogP contribution is 2.34. The number of sulfonamides is 1. The molecule has 0 saturated heterocycles. The fraction of sp³-hybridized carbons (Fsp3) is 0.600. The Morgan fingerprint density at radius 2 is 1.38 bits per heavy atom. The van der Waals surface area contributed by atoms with Gasteiger partial charge in [0.25, 0.3) is 0 Å². The van der Waals surface area contributed by atoms with Crippen molar-refractivity contribution in [2.45, 2.75) is 77.7 Å². The summed E-state index contributed by atoms with van der Waals surface area (Å²) in [7, 11) is -3.52. The Balaban J connectivity index is 2.61. The molecule has 0 N–H and O–H groups in total. The van der Waals surface area contributed by atoms with E-state index in [-0.39, 0.29) is 6.04 Å². The molecule has 1 fully saturated rings. The summed E-state index contributed by atoms with van der Waals surface area (Å²) in [5.74, 6) is 0. The summed E-state index contributed by atoms with van der Waals surface area (Å²) in [4.78, 5) is 0.510. The molecule has 4 heteroatoms. The predicted octanol–water partition coefficient (Wildman–Crippen LogP) is 4.74. The zero-order valence-electron chi connectivity index (χ0n) is 15.8. The van der Waals surface area contributed by atoms with E-state index in [4.69, 9.17) is 0 Å². The average Bonchev–Trinajstić information content (AvgIpc) is 2.56. The van der Waals surface area contributed by atoms with Gasteiger partial charge in [-0.05, 0) is 75.3 Å². The lowest BCUT2D eigenvalue weighted by Crippen LogP contribution is -2.42. The van der Waals surface area contributed by atoms with Crippen molar-refractivity contribution in [1.82, 2.24) is 4.31 Å². The first-order valence-electron chi connectivity index (χ1n) is 8.93. The number of benzene rings is 1. The van der Waals surface area contributed by atoms with E-state index in [0.29, 0.717) is 11.4 Å². The van der Waals surface area contributed by atoms with Crippen LogP contribution in [0.25, 0.3) is 0 Å². The third-order valence-corrected chi connectivity index (χ3v) is 7.98. The summed E-state index contributed by atoms with van der Waals surface area (Å²) < 4.78 is 28.8. The maximum absolute atomic E-state index is 13.6. The van der Waals surface area contributed by atoms with Gasteiger partial charge in [-0.15, -0.1) is 6.58 Å². The van der Waals surface area contributed by atoms with Crippen LogP contribution in [0.2, 0.25) is 0 Å². The van der Waals surface area contributed by atoms with Crippen LogP contribution in [-0.4, -0.2) is 25.3 Å². The Morgan fingerprint density at radius 3 is 1.83 bits per heavy atom. The molecule has 0 bridgehead atoms. The Labute approximate surface area is 147 Å². The van der Waals surface area contributed by atoms with Crippen LogP contribution < -0.4 is 0 Å². The minimum atomic E-state index is -3.52. The van der Waals surface area contributed by atoms with Gasteiger partial charge in [0, 0.05) is 12.6 Å². The molecular weight excluding hydrogens is 318 g/mol. The molecule has 0 aromatic heterocycles. The number of hydrogen-bond donors (Lipinski definition) is 0. The molecule has 0 atom stereocenters. The lowest BCUT2D eigenvalue weighted by Gasteiger charge is -2.34. The van der Waals surface area contributed by atoms with Crippen LogP contribution >= 0.6 is 0 Å². The first kappa shape index (κ1) is 19.2. The van der Waals surface area contributed by atoms with E-state index in [9.17, 15) is 8.42 Å². The highest BCUT2D eigenvalue weighted by molar-refractivity contribution is 7.89. The monoisotopic (exact) mass is 349 g/mol. The van der Waals surface area contributed by atoms with E-state index in [1.807, 2.05) is 27.7 Å². The maximum Gasteiger partial charge on any atom is 0.244 e. The highest BCUT2D eigenvalue weighted by atomic mass is 32.2. The number of rotatable bonds is 5. The van der Waals surface area contributed by atoms with Crippen LogP contribution in [0.3, 0.4) is 0 Å². The van der Waals surface area contributed by atoms with E-state index in [0.717, 1.165) is 47.9 Å². The van der Waals surface area contributed by atoms with Gasteiger partial charge in [0.05, 0.1) is 4.90 Å². The van der Waals surface area contributed by atoms with Gasteiger partial charge in [0.15, 0.2) is 0 Å². The van der Waals surface area contributed by atoms with Gasteiger partial charge in [-0.2, -0.15) is 4.31 Å². The van der Waals surface area contributed by atoms with Crippen LogP contribution in [0, 0.1) is 34.6 Å². The van der Waals surface area contributed by atoms with Crippen molar-refractivity contribution >= 4 is 10.0 Å². The molecule has 24 heavy (non-hydrogen) atoms. The fourth-order valence-electron chi connectivity index (χ4n) is 3.91. The molecule has 1 aromatic rings. The van der Waals surface area contributed by atoms with Gasteiger partial charge in [-0.3, -0.25) is 0 Å². The second kappa shape index (κ2) is 7.40. The van der Waals surface area contributed by atoms with Crippen molar-refractivity contribution in [3.8, 4) is 0 Å². The molecule has 1 saturated carbocycles. The molecule has 1 aromatic carbocycles. The molecular formula is C20H31NO2S. The Kier molecular flexibility index (Phi) is 5.92. The van der Waals surface area contributed by atoms with E-state index in [2.05, 4.69) is 13.5 Å². The summed E-state index contributed by atoms with van der Waals surface area (Å²) in [5.41, 5.74) is 5.13. The van der Waals surface area contributed by atoms with Crippen molar-refractivity contribution < 1.29 is 8.42 Å². The Bertz CT molecular complexity index is 699. The quantitative estimate of drug-likeness (QED) is 0.720. The number of hydrogen-bond acceptors (Lipinski definition) is 2. The highest BCUT2D eigenvalue weighted by Gasteiger charge is 2.34. The van der Waals surface area contributed by atoms with Gasteiger partial charge in [-0.25, -0.2) is 8.42 Å². The normalized spacial score (nSPS) is 16.6. The average molecular weight is 350 g/mol. The van der Waals surface area contributed by atoms with Crippen LogP contribution in [0.1, 0.15) is 59.9 Å². The molecule has 134 valence electrons. The summed E-state index contributed by atoms with van der Waals surface area (Å²) in [5, 5.41) is 0. The molecule has 3 nitrogen and oxygen atoms in total. The van der Waals surface area contributed by atoms with Crippen LogP contribution in [-0.2, 0) is 10.0 Å². The molecule has 1 aliphatic carbocycles. The van der Waals surface area contributed by atoms with Crippen molar-refractivity contribution in [2.24, 2.45) is 0 Å². The lowest BCUT2D eigenvalue weighted by atomic mass is 9.95. The molecule has 1 aliphatic rings. The zero-order chi connectivity index (χ0) is 18.1. The molecule has 0 heterocycles. The smallest absolute Gasteiger partial charge is 0.207 e. The molecule has 0 amide bonds. The van der Waals surface area contributed by atoms with Crippen molar-refractivity contribution in [3.63, 3.8) is 0 Å². The van der Waals surface area contributed by atoms with Gasteiger partial charge < -0.3 is 0 Å². The molecule has 0 spiro atoms. The van der Waals surface area contributed by atoms with Gasteiger partial charge >= 0.3 is 0 Å². The minimum Gasteiger partial charge on any atom is -0.207 e. The van der Waals surface area contributed by atoms with Crippen LogP contribution in [0.4, 0.5) is 0 Å². The van der Waals surface area contributed by atoms with Crippen molar-refractivity contribution in [3.05, 3.63) is 40.5 Å². The second-order valence-corrected chi connectivity index (χ2v) is 8.94. The lowest BCUT2D eigenvalue weighted by molar-refractivity contribution is 0.269. The Morgan fingerprint density at radius 1 is 0.917 bits per heavy atom. The standard InChI is InChI=1S/C20H31NO2S/c1-7-13-21(19-11-9-8-10-12-19)24(22,23)20-17(5)15(3)14(2)16(4)18(20)6/h7,19H,1,8-13H2,2-6H3. The first-order chi connectivity index (χ1) is 11.2. The van der Waals surface area contributed by atoms with E-state index >= 15 is 0 Å². The predicted molar refractivity (Wildman–Crippen MR) is 101 cm³/mol. The van der Waals surface area contributed by atoms with Gasteiger partial charge in [0.2, 0.25) is 10.0 Å². The van der Waals surface area contributed by atoms with Gasteiger partial charge in [-0.1, -0.05) is 25.3 Å². The zero-order valence-corrected chi connectivity index (χ0v) is 16.6. The largest absolute Gasteiger partial charge is 0.244 e. The topological polar surface area (TPSA) is 37.4 Å². The minimum absolute atomic E-state index is 0.0995. The Hall–Kier alpha value is -1.13. The molecule has 0 radical (unpaired) electrons.